The molecular formula is C14H12BrCl2N. The van der Waals surface area contributed by atoms with Crippen LogP contribution < -0.4 is 0 Å². The third kappa shape index (κ3) is 3.47. The minimum absolute atomic E-state index is 0.120. The molecule has 1 atom stereocenters. The van der Waals surface area contributed by atoms with Crippen LogP contribution in [0.3, 0.4) is 0 Å². The first-order chi connectivity index (χ1) is 8.56. The van der Waals surface area contributed by atoms with Crippen LogP contribution in [0.5, 0.6) is 0 Å². The van der Waals surface area contributed by atoms with E-state index in [2.05, 4.69) is 20.9 Å². The average Bonchev–Trinajstić information content (AvgIpc) is 2.35. The molecule has 1 nitrogen and oxygen atoms in total. The Bertz CT molecular complexity index is 540. The molecule has 2 rings (SSSR count). The van der Waals surface area contributed by atoms with Gasteiger partial charge in [-0.05, 0) is 52.2 Å². The highest BCUT2D eigenvalue weighted by Gasteiger charge is 2.11. The second-order valence-electron chi connectivity index (χ2n) is 4.17. The van der Waals surface area contributed by atoms with Crippen molar-refractivity contribution in [3.63, 3.8) is 0 Å². The molecule has 0 aliphatic carbocycles. The largest absolute Gasteiger partial charge is 0.261 e. The molecule has 0 aliphatic heterocycles. The zero-order valence-electron chi connectivity index (χ0n) is 9.83. The van der Waals surface area contributed by atoms with Crippen molar-refractivity contribution < 1.29 is 0 Å². The molecule has 1 aromatic carbocycles. The van der Waals surface area contributed by atoms with Gasteiger partial charge in [-0.25, -0.2) is 0 Å². The van der Waals surface area contributed by atoms with E-state index in [-0.39, 0.29) is 5.38 Å². The number of nitrogens with zero attached hydrogens (tertiary/aromatic N) is 1. The van der Waals surface area contributed by atoms with Crippen LogP contribution in [0, 0.1) is 6.92 Å². The normalized spacial score (nSPS) is 12.4. The zero-order chi connectivity index (χ0) is 13.1. The predicted octanol–water partition coefficient (Wildman–Crippen LogP) is 5.33. The lowest BCUT2D eigenvalue weighted by Crippen LogP contribution is -1.98. The number of rotatable bonds is 3. The Balaban J connectivity index is 2.13. The van der Waals surface area contributed by atoms with Gasteiger partial charge in [0.25, 0.3) is 0 Å². The van der Waals surface area contributed by atoms with Gasteiger partial charge in [-0.1, -0.05) is 23.7 Å². The molecule has 0 saturated heterocycles. The van der Waals surface area contributed by atoms with E-state index in [1.807, 2.05) is 43.5 Å². The summed E-state index contributed by atoms with van der Waals surface area (Å²) < 4.78 is 0.880. The molecule has 0 saturated carbocycles. The highest BCUT2D eigenvalue weighted by atomic mass is 79.9. The smallest absolute Gasteiger partial charge is 0.0641 e. The summed E-state index contributed by atoms with van der Waals surface area (Å²) in [5.74, 6) is 0. The van der Waals surface area contributed by atoms with E-state index in [0.29, 0.717) is 11.4 Å². The van der Waals surface area contributed by atoms with Gasteiger partial charge in [0, 0.05) is 22.8 Å². The Labute approximate surface area is 125 Å². The number of aryl methyl sites for hydroxylation is 1. The van der Waals surface area contributed by atoms with Gasteiger partial charge in [0.1, 0.15) is 0 Å². The van der Waals surface area contributed by atoms with Crippen LogP contribution in [-0.4, -0.2) is 4.98 Å². The monoisotopic (exact) mass is 343 g/mol. The van der Waals surface area contributed by atoms with Crippen LogP contribution in [0.25, 0.3) is 0 Å². The summed E-state index contributed by atoms with van der Waals surface area (Å²) in [5.41, 5.74) is 3.14. The molecule has 0 fully saturated rings. The van der Waals surface area contributed by atoms with Crippen LogP contribution in [0.4, 0.5) is 0 Å². The summed E-state index contributed by atoms with van der Waals surface area (Å²) in [6, 6.07) is 9.82. The summed E-state index contributed by atoms with van der Waals surface area (Å²) in [7, 11) is 0. The van der Waals surface area contributed by atoms with E-state index < -0.39 is 0 Å². The van der Waals surface area contributed by atoms with Crippen molar-refractivity contribution in [1.82, 2.24) is 4.98 Å². The molecule has 1 aromatic heterocycles. The Kier molecular flexibility index (Phi) is 4.66. The molecule has 0 aliphatic rings. The summed E-state index contributed by atoms with van der Waals surface area (Å²) in [4.78, 5) is 4.36. The summed E-state index contributed by atoms with van der Waals surface area (Å²) in [6.07, 6.45) is 2.55. The van der Waals surface area contributed by atoms with Crippen LogP contribution >= 0.6 is 39.1 Å². The highest BCUT2D eigenvalue weighted by Crippen LogP contribution is 2.30. The van der Waals surface area contributed by atoms with Gasteiger partial charge in [-0.2, -0.15) is 0 Å². The lowest BCUT2D eigenvalue weighted by atomic mass is 10.1. The Morgan fingerprint density at radius 3 is 2.67 bits per heavy atom. The standard InChI is InChI=1S/C14H12BrCl2N/c1-9-2-4-11(18-8-9)7-13(16)10-3-5-12(15)14(17)6-10/h2-6,8,13H,7H2,1H3. The van der Waals surface area contributed by atoms with E-state index >= 15 is 0 Å². The average molecular weight is 345 g/mol. The van der Waals surface area contributed by atoms with E-state index in [1.165, 1.54) is 0 Å². The quantitative estimate of drug-likeness (QED) is 0.686. The Hall–Kier alpha value is -0.570. The number of benzene rings is 1. The first-order valence-electron chi connectivity index (χ1n) is 5.57. The van der Waals surface area contributed by atoms with Crippen molar-refractivity contribution in [2.24, 2.45) is 0 Å². The number of halogens is 3. The molecule has 0 N–H and O–H groups in total. The lowest BCUT2D eigenvalue weighted by Gasteiger charge is -2.10. The number of aromatic nitrogens is 1. The summed E-state index contributed by atoms with van der Waals surface area (Å²) >= 11 is 15.8. The minimum atomic E-state index is -0.120. The third-order valence-electron chi connectivity index (χ3n) is 2.67. The molecule has 2 aromatic rings. The zero-order valence-corrected chi connectivity index (χ0v) is 12.9. The maximum Gasteiger partial charge on any atom is 0.0641 e. The Morgan fingerprint density at radius 1 is 1.28 bits per heavy atom. The van der Waals surface area contributed by atoms with Crippen molar-refractivity contribution in [3.8, 4) is 0 Å². The van der Waals surface area contributed by atoms with E-state index in [0.717, 1.165) is 21.3 Å². The number of hydrogen-bond donors (Lipinski definition) is 0. The van der Waals surface area contributed by atoms with Crippen LogP contribution in [-0.2, 0) is 6.42 Å². The van der Waals surface area contributed by atoms with E-state index in [9.17, 15) is 0 Å². The molecule has 0 amide bonds. The fourth-order valence-corrected chi connectivity index (χ4v) is 2.36. The first kappa shape index (κ1) is 13.9. The second kappa shape index (κ2) is 6.05. The number of alkyl halides is 1. The van der Waals surface area contributed by atoms with Crippen LogP contribution in [0.2, 0.25) is 5.02 Å². The number of pyridine rings is 1. The van der Waals surface area contributed by atoms with Crippen molar-refractivity contribution in [3.05, 3.63) is 62.8 Å². The summed E-state index contributed by atoms with van der Waals surface area (Å²) in [5, 5.41) is 0.556. The first-order valence-corrected chi connectivity index (χ1v) is 7.17. The molecule has 4 heteroatoms. The molecule has 1 unspecified atom stereocenters. The van der Waals surface area contributed by atoms with Crippen molar-refractivity contribution >= 4 is 39.1 Å². The van der Waals surface area contributed by atoms with Crippen molar-refractivity contribution in [2.75, 3.05) is 0 Å². The minimum Gasteiger partial charge on any atom is -0.261 e. The van der Waals surface area contributed by atoms with Gasteiger partial charge >= 0.3 is 0 Å². The highest BCUT2D eigenvalue weighted by molar-refractivity contribution is 9.10. The summed E-state index contributed by atoms with van der Waals surface area (Å²) in [6.45, 7) is 2.02. The fraction of sp³-hybridized carbons (Fsp3) is 0.214. The van der Waals surface area contributed by atoms with Gasteiger partial charge in [0.05, 0.1) is 10.4 Å². The predicted molar refractivity (Wildman–Crippen MR) is 80.4 cm³/mol. The molecule has 0 radical (unpaired) electrons. The molecule has 1 heterocycles. The van der Waals surface area contributed by atoms with Crippen LogP contribution in [0.15, 0.2) is 41.0 Å². The molecule has 94 valence electrons. The second-order valence-corrected chi connectivity index (χ2v) is 5.96. The molecule has 0 bridgehead atoms. The topological polar surface area (TPSA) is 12.9 Å². The van der Waals surface area contributed by atoms with E-state index in [4.69, 9.17) is 23.2 Å². The maximum atomic E-state index is 6.39. The maximum absolute atomic E-state index is 6.39. The molecule has 0 spiro atoms. The SMILES string of the molecule is Cc1ccc(CC(Cl)c2ccc(Br)c(Cl)c2)nc1. The van der Waals surface area contributed by atoms with Gasteiger partial charge in [-0.3, -0.25) is 4.98 Å². The fourth-order valence-electron chi connectivity index (χ4n) is 1.63. The van der Waals surface area contributed by atoms with Crippen molar-refractivity contribution in [2.45, 2.75) is 18.7 Å². The Morgan fingerprint density at radius 2 is 2.06 bits per heavy atom. The third-order valence-corrected chi connectivity index (χ3v) is 4.31. The lowest BCUT2D eigenvalue weighted by molar-refractivity contribution is 0.878. The van der Waals surface area contributed by atoms with Crippen molar-refractivity contribution in [1.29, 1.82) is 0 Å². The van der Waals surface area contributed by atoms with Gasteiger partial charge < -0.3 is 0 Å². The van der Waals surface area contributed by atoms with Crippen LogP contribution in [0.1, 0.15) is 22.2 Å². The van der Waals surface area contributed by atoms with Gasteiger partial charge in [0.15, 0.2) is 0 Å². The molecule has 18 heavy (non-hydrogen) atoms. The molecular weight excluding hydrogens is 333 g/mol. The van der Waals surface area contributed by atoms with E-state index in [1.54, 1.807) is 0 Å². The van der Waals surface area contributed by atoms with Gasteiger partial charge in [0.2, 0.25) is 0 Å². The van der Waals surface area contributed by atoms with Gasteiger partial charge in [-0.15, -0.1) is 11.6 Å². The number of hydrogen-bond acceptors (Lipinski definition) is 1.